The van der Waals surface area contributed by atoms with Gasteiger partial charge in [0, 0.05) is 11.6 Å². The molecule has 0 atom stereocenters. The summed E-state index contributed by atoms with van der Waals surface area (Å²) in [6, 6.07) is 0. The van der Waals surface area contributed by atoms with Gasteiger partial charge < -0.3 is 15.6 Å². The number of hydrogen-bond acceptors (Lipinski definition) is 4. The molecule has 0 spiro atoms. The van der Waals surface area contributed by atoms with Crippen LogP contribution >= 0.6 is 0 Å². The van der Waals surface area contributed by atoms with Gasteiger partial charge in [-0.15, -0.1) is 0 Å². The Hall–Kier alpha value is -1.62. The molecule has 0 radical (unpaired) electrons. The molecule has 5 heteroatoms. The second kappa shape index (κ2) is 8.48. The minimum absolute atomic E-state index is 0.0417. The minimum atomic E-state index is -0.650. The van der Waals surface area contributed by atoms with Crippen molar-refractivity contribution < 1.29 is 19.4 Å². The number of amides is 1. The van der Waals surface area contributed by atoms with Crippen LogP contribution in [0.3, 0.4) is 0 Å². The minimum Gasteiger partial charge on any atom is -0.466 e. The van der Waals surface area contributed by atoms with E-state index in [-0.39, 0.29) is 12.2 Å². The first-order chi connectivity index (χ1) is 5.99. The van der Waals surface area contributed by atoms with Gasteiger partial charge >= 0.3 is 5.97 Å². The van der Waals surface area contributed by atoms with Gasteiger partial charge in [-0.05, 0) is 0 Å². The third-order valence-corrected chi connectivity index (χ3v) is 0.907. The van der Waals surface area contributed by atoms with E-state index in [1.165, 1.54) is 7.11 Å². The fraction of sp³-hybridized carbons (Fsp3) is 0.250. The van der Waals surface area contributed by atoms with Crippen LogP contribution in [-0.4, -0.2) is 30.7 Å². The molecule has 0 aromatic carbocycles. The Balaban J connectivity index is 0. The number of aliphatic hydroxyl groups excluding tert-OH is 1. The van der Waals surface area contributed by atoms with Crippen LogP contribution in [0.1, 0.15) is 0 Å². The largest absolute Gasteiger partial charge is 0.466 e. The van der Waals surface area contributed by atoms with Crippen molar-refractivity contribution in [3.8, 4) is 0 Å². The van der Waals surface area contributed by atoms with Crippen LogP contribution in [0.25, 0.3) is 0 Å². The fourth-order valence-corrected chi connectivity index (χ4v) is 0.161. The molecule has 0 saturated heterocycles. The molecule has 0 aromatic heterocycles. The van der Waals surface area contributed by atoms with E-state index in [1.807, 2.05) is 0 Å². The number of methoxy groups -OCH3 is 1. The molecule has 0 fully saturated rings. The molecule has 1 amide bonds. The van der Waals surface area contributed by atoms with Crippen molar-refractivity contribution in [1.82, 2.24) is 0 Å². The highest BCUT2D eigenvalue weighted by Gasteiger charge is 1.94. The van der Waals surface area contributed by atoms with Crippen molar-refractivity contribution in [3.63, 3.8) is 0 Å². The number of ether oxygens (including phenoxy) is 1. The van der Waals surface area contributed by atoms with Crippen molar-refractivity contribution in [1.29, 1.82) is 0 Å². The van der Waals surface area contributed by atoms with Gasteiger partial charge in [0.2, 0.25) is 5.91 Å². The third kappa shape index (κ3) is 10.4. The average molecular weight is 187 g/mol. The lowest BCUT2D eigenvalue weighted by Crippen LogP contribution is -2.14. The average Bonchev–Trinajstić information content (AvgIpc) is 2.16. The van der Waals surface area contributed by atoms with Gasteiger partial charge in [-0.3, -0.25) is 4.79 Å². The zero-order chi connectivity index (χ0) is 10.9. The van der Waals surface area contributed by atoms with Crippen LogP contribution in [0.2, 0.25) is 0 Å². The summed E-state index contributed by atoms with van der Waals surface area (Å²) in [5.41, 5.74) is 4.69. The first-order valence-electron chi connectivity index (χ1n) is 3.28. The Morgan fingerprint density at radius 2 is 2.08 bits per heavy atom. The number of primary amides is 1. The van der Waals surface area contributed by atoms with Crippen LogP contribution < -0.4 is 5.73 Å². The third-order valence-electron chi connectivity index (χ3n) is 0.907. The van der Waals surface area contributed by atoms with Crippen molar-refractivity contribution in [2.24, 2.45) is 5.73 Å². The molecule has 74 valence electrons. The van der Waals surface area contributed by atoms with E-state index in [2.05, 4.69) is 23.6 Å². The molecule has 0 aliphatic rings. The molecule has 0 bridgehead atoms. The summed E-state index contributed by atoms with van der Waals surface area (Å²) in [4.78, 5) is 19.7. The summed E-state index contributed by atoms with van der Waals surface area (Å²) < 4.78 is 4.14. The van der Waals surface area contributed by atoms with Gasteiger partial charge in [0.05, 0.1) is 13.7 Å². The van der Waals surface area contributed by atoms with Gasteiger partial charge in [0.25, 0.3) is 0 Å². The SMILES string of the molecule is C=C(CO)C(N)=O.C=CC(=O)OC. The second-order valence-corrected chi connectivity index (χ2v) is 1.85. The van der Waals surface area contributed by atoms with E-state index < -0.39 is 11.9 Å². The molecule has 0 unspecified atom stereocenters. The number of nitrogens with two attached hydrogens (primary N) is 1. The molecule has 3 N–H and O–H groups in total. The maximum Gasteiger partial charge on any atom is 0.329 e. The predicted molar refractivity (Wildman–Crippen MR) is 47.6 cm³/mol. The van der Waals surface area contributed by atoms with Gasteiger partial charge in [-0.25, -0.2) is 4.79 Å². The monoisotopic (exact) mass is 187 g/mol. The van der Waals surface area contributed by atoms with Crippen LogP contribution in [-0.2, 0) is 14.3 Å². The van der Waals surface area contributed by atoms with E-state index in [0.29, 0.717) is 0 Å². The summed E-state index contributed by atoms with van der Waals surface area (Å²) in [6.07, 6.45) is 1.11. The number of carbonyl (C=O) groups is 2. The van der Waals surface area contributed by atoms with E-state index in [1.54, 1.807) is 0 Å². The van der Waals surface area contributed by atoms with Crippen molar-refractivity contribution in [3.05, 3.63) is 24.8 Å². The van der Waals surface area contributed by atoms with Gasteiger partial charge in [-0.1, -0.05) is 13.2 Å². The lowest BCUT2D eigenvalue weighted by atomic mass is 10.3. The Bertz CT molecular complexity index is 210. The quantitative estimate of drug-likeness (QED) is 0.454. The maximum atomic E-state index is 9.89. The van der Waals surface area contributed by atoms with Crippen LogP contribution in [0.5, 0.6) is 0 Å². The van der Waals surface area contributed by atoms with Crippen molar-refractivity contribution in [2.45, 2.75) is 0 Å². The number of rotatable bonds is 3. The first-order valence-corrected chi connectivity index (χ1v) is 3.28. The van der Waals surface area contributed by atoms with Gasteiger partial charge in [-0.2, -0.15) is 0 Å². The highest BCUT2D eigenvalue weighted by atomic mass is 16.5. The molecule has 5 nitrogen and oxygen atoms in total. The number of carbonyl (C=O) groups excluding carboxylic acids is 2. The standard InChI is InChI=1S/C4H7NO2.C4H6O2/c1-3(2-6)4(5)7;1-3-4(5)6-2/h6H,1-2H2,(H2,5,7);3H,1H2,2H3. The highest BCUT2D eigenvalue weighted by molar-refractivity contribution is 5.91. The van der Waals surface area contributed by atoms with E-state index >= 15 is 0 Å². The number of aliphatic hydroxyl groups is 1. The summed E-state index contributed by atoms with van der Waals surface area (Å²) in [7, 11) is 1.31. The lowest BCUT2D eigenvalue weighted by Gasteiger charge is -1.88. The summed E-state index contributed by atoms with van der Waals surface area (Å²) in [5.74, 6) is -1.04. The Labute approximate surface area is 76.5 Å². The number of hydrogen-bond donors (Lipinski definition) is 2. The second-order valence-electron chi connectivity index (χ2n) is 1.85. The normalized spacial score (nSPS) is 7.54. The molecular formula is C8H13NO4. The molecule has 0 aromatic rings. The Kier molecular flexibility index (Phi) is 9.09. The van der Waals surface area contributed by atoms with Crippen molar-refractivity contribution >= 4 is 11.9 Å². The van der Waals surface area contributed by atoms with E-state index in [4.69, 9.17) is 5.11 Å². The molecule has 0 saturated carbocycles. The fourth-order valence-electron chi connectivity index (χ4n) is 0.161. The van der Waals surface area contributed by atoms with Crippen LogP contribution in [0.15, 0.2) is 24.8 Å². The van der Waals surface area contributed by atoms with Crippen molar-refractivity contribution in [2.75, 3.05) is 13.7 Å². The summed E-state index contributed by atoms with van der Waals surface area (Å²) >= 11 is 0. The highest BCUT2D eigenvalue weighted by Crippen LogP contribution is 1.80. The molecule has 0 aliphatic carbocycles. The molecule has 0 heterocycles. The molecule has 0 aliphatic heterocycles. The van der Waals surface area contributed by atoms with Gasteiger partial charge in [0.15, 0.2) is 0 Å². The molecular weight excluding hydrogens is 174 g/mol. The van der Waals surface area contributed by atoms with E-state index in [0.717, 1.165) is 6.08 Å². The summed E-state index contributed by atoms with van der Waals surface area (Å²) in [5, 5.41) is 8.10. The topological polar surface area (TPSA) is 89.6 Å². The summed E-state index contributed by atoms with van der Waals surface area (Å²) in [6.45, 7) is 5.95. The lowest BCUT2D eigenvalue weighted by molar-refractivity contribution is -0.134. The smallest absolute Gasteiger partial charge is 0.329 e. The van der Waals surface area contributed by atoms with Gasteiger partial charge in [0.1, 0.15) is 0 Å². The number of esters is 1. The zero-order valence-corrected chi connectivity index (χ0v) is 7.45. The first kappa shape index (κ1) is 13.9. The predicted octanol–water partition coefficient (Wildman–Crippen LogP) is -0.634. The Morgan fingerprint density at radius 3 is 2.08 bits per heavy atom. The van der Waals surface area contributed by atoms with Crippen LogP contribution in [0, 0.1) is 0 Å². The zero-order valence-electron chi connectivity index (χ0n) is 7.45. The molecule has 13 heavy (non-hydrogen) atoms. The van der Waals surface area contributed by atoms with Crippen LogP contribution in [0.4, 0.5) is 0 Å². The Morgan fingerprint density at radius 1 is 1.62 bits per heavy atom. The maximum absolute atomic E-state index is 9.89. The molecule has 0 rings (SSSR count). The van der Waals surface area contributed by atoms with E-state index in [9.17, 15) is 9.59 Å².